The predicted octanol–water partition coefficient (Wildman–Crippen LogP) is 4.15. The molecule has 2 rings (SSSR count). The molecule has 0 heterocycles. The van der Waals surface area contributed by atoms with Gasteiger partial charge < -0.3 is 5.32 Å². The third-order valence-electron chi connectivity index (χ3n) is 2.38. The Kier molecular flexibility index (Phi) is 4.98. The number of benzene rings is 2. The number of hydrogen-bond donors (Lipinski definition) is 2. The average Bonchev–Trinajstić information content (AvgIpc) is 2.43. The van der Waals surface area contributed by atoms with Crippen molar-refractivity contribution in [2.24, 2.45) is 5.10 Å². The first-order valence-corrected chi connectivity index (χ1v) is 6.51. The standard InChI is InChI=1S/C14H11Cl2N3O/c15-11-5-7-12(8-6-11)18-14(20)19-17-9-10-3-1-2-4-13(10)16/h1-9H,(H2,18,19,20)/b17-9-. The molecule has 2 aromatic carbocycles. The van der Waals surface area contributed by atoms with Crippen LogP contribution in [0.25, 0.3) is 0 Å². The van der Waals surface area contributed by atoms with Gasteiger partial charge in [-0.3, -0.25) is 0 Å². The minimum atomic E-state index is -0.448. The number of urea groups is 1. The van der Waals surface area contributed by atoms with Crippen molar-refractivity contribution in [3.63, 3.8) is 0 Å². The Morgan fingerprint density at radius 3 is 2.45 bits per heavy atom. The van der Waals surface area contributed by atoms with Crippen molar-refractivity contribution in [3.05, 3.63) is 64.1 Å². The number of nitrogens with zero attached hydrogens (tertiary/aromatic N) is 1. The zero-order chi connectivity index (χ0) is 14.4. The molecule has 0 saturated heterocycles. The van der Waals surface area contributed by atoms with Crippen LogP contribution in [0, 0.1) is 0 Å². The van der Waals surface area contributed by atoms with Gasteiger partial charge in [0.2, 0.25) is 0 Å². The van der Waals surface area contributed by atoms with Crippen LogP contribution in [0.3, 0.4) is 0 Å². The molecule has 0 radical (unpaired) electrons. The number of rotatable bonds is 3. The summed E-state index contributed by atoms with van der Waals surface area (Å²) in [7, 11) is 0. The Hall–Kier alpha value is -2.04. The van der Waals surface area contributed by atoms with Gasteiger partial charge in [-0.15, -0.1) is 0 Å². The third kappa shape index (κ3) is 4.26. The van der Waals surface area contributed by atoms with Gasteiger partial charge in [0, 0.05) is 21.3 Å². The van der Waals surface area contributed by atoms with E-state index < -0.39 is 6.03 Å². The molecule has 2 N–H and O–H groups in total. The molecular formula is C14H11Cl2N3O. The van der Waals surface area contributed by atoms with E-state index in [9.17, 15) is 4.79 Å². The van der Waals surface area contributed by atoms with Gasteiger partial charge in [0.15, 0.2) is 0 Å². The summed E-state index contributed by atoms with van der Waals surface area (Å²) in [6, 6.07) is 13.5. The van der Waals surface area contributed by atoms with Gasteiger partial charge in [-0.2, -0.15) is 5.10 Å². The summed E-state index contributed by atoms with van der Waals surface area (Å²) >= 11 is 11.7. The van der Waals surface area contributed by atoms with E-state index in [1.165, 1.54) is 6.21 Å². The lowest BCUT2D eigenvalue weighted by Crippen LogP contribution is -2.24. The lowest BCUT2D eigenvalue weighted by Gasteiger charge is -2.03. The van der Waals surface area contributed by atoms with Crippen molar-refractivity contribution in [1.29, 1.82) is 0 Å². The highest BCUT2D eigenvalue weighted by atomic mass is 35.5. The van der Waals surface area contributed by atoms with Crippen LogP contribution in [-0.4, -0.2) is 12.2 Å². The summed E-state index contributed by atoms with van der Waals surface area (Å²) in [6.07, 6.45) is 1.48. The smallest absolute Gasteiger partial charge is 0.307 e. The van der Waals surface area contributed by atoms with Gasteiger partial charge >= 0.3 is 6.03 Å². The zero-order valence-corrected chi connectivity index (χ0v) is 11.8. The fourth-order valence-electron chi connectivity index (χ4n) is 1.43. The van der Waals surface area contributed by atoms with Crippen LogP contribution < -0.4 is 10.7 Å². The van der Waals surface area contributed by atoms with E-state index in [1.54, 1.807) is 36.4 Å². The van der Waals surface area contributed by atoms with Crippen LogP contribution in [0.2, 0.25) is 10.0 Å². The topological polar surface area (TPSA) is 53.5 Å². The van der Waals surface area contributed by atoms with Gasteiger partial charge in [-0.05, 0) is 30.3 Å². The fraction of sp³-hybridized carbons (Fsp3) is 0. The molecule has 0 fully saturated rings. The van der Waals surface area contributed by atoms with Crippen molar-refractivity contribution in [2.75, 3.05) is 5.32 Å². The molecule has 20 heavy (non-hydrogen) atoms. The number of hydrogen-bond acceptors (Lipinski definition) is 2. The van der Waals surface area contributed by atoms with Crippen LogP contribution >= 0.6 is 23.2 Å². The molecule has 0 aliphatic heterocycles. The minimum Gasteiger partial charge on any atom is -0.307 e. The Morgan fingerprint density at radius 2 is 1.75 bits per heavy atom. The zero-order valence-electron chi connectivity index (χ0n) is 10.3. The number of halogens is 2. The van der Waals surface area contributed by atoms with Crippen molar-refractivity contribution < 1.29 is 4.79 Å². The van der Waals surface area contributed by atoms with Crippen molar-refractivity contribution in [3.8, 4) is 0 Å². The summed E-state index contributed by atoms with van der Waals surface area (Å²) in [5.74, 6) is 0. The first kappa shape index (κ1) is 14.4. The van der Waals surface area contributed by atoms with Crippen molar-refractivity contribution in [1.82, 2.24) is 5.43 Å². The number of carbonyl (C=O) groups excluding carboxylic acids is 1. The van der Waals surface area contributed by atoms with Gasteiger partial charge in [-0.1, -0.05) is 41.4 Å². The van der Waals surface area contributed by atoms with E-state index in [-0.39, 0.29) is 0 Å². The van der Waals surface area contributed by atoms with Crippen LogP contribution in [0.5, 0.6) is 0 Å². The second kappa shape index (κ2) is 6.93. The molecule has 4 nitrogen and oxygen atoms in total. The first-order chi connectivity index (χ1) is 9.65. The van der Waals surface area contributed by atoms with Crippen LogP contribution in [0.4, 0.5) is 10.5 Å². The number of nitrogens with one attached hydrogen (secondary N) is 2. The summed E-state index contributed by atoms with van der Waals surface area (Å²) in [6.45, 7) is 0. The lowest BCUT2D eigenvalue weighted by molar-refractivity contribution is 0.252. The number of amides is 2. The normalized spacial score (nSPS) is 10.5. The highest BCUT2D eigenvalue weighted by Gasteiger charge is 2.00. The molecule has 0 unspecified atom stereocenters. The second-order valence-electron chi connectivity index (χ2n) is 3.85. The Labute approximate surface area is 126 Å². The van der Waals surface area contributed by atoms with Crippen LogP contribution in [-0.2, 0) is 0 Å². The van der Waals surface area contributed by atoms with E-state index in [0.717, 1.165) is 5.56 Å². The van der Waals surface area contributed by atoms with E-state index >= 15 is 0 Å². The van der Waals surface area contributed by atoms with E-state index in [0.29, 0.717) is 15.7 Å². The highest BCUT2D eigenvalue weighted by molar-refractivity contribution is 6.33. The van der Waals surface area contributed by atoms with Gasteiger partial charge in [0.25, 0.3) is 0 Å². The number of hydrazone groups is 1. The fourth-order valence-corrected chi connectivity index (χ4v) is 1.74. The molecule has 0 atom stereocenters. The summed E-state index contributed by atoms with van der Waals surface area (Å²) in [5.41, 5.74) is 3.70. The molecule has 2 amide bonds. The van der Waals surface area contributed by atoms with E-state index in [4.69, 9.17) is 23.2 Å². The van der Waals surface area contributed by atoms with Crippen molar-refractivity contribution in [2.45, 2.75) is 0 Å². The number of anilines is 1. The van der Waals surface area contributed by atoms with Gasteiger partial charge in [0.05, 0.1) is 6.21 Å². The Balaban J connectivity index is 1.89. The van der Waals surface area contributed by atoms with Crippen LogP contribution in [0.15, 0.2) is 53.6 Å². The quantitative estimate of drug-likeness (QED) is 0.649. The van der Waals surface area contributed by atoms with E-state index in [1.807, 2.05) is 12.1 Å². The minimum absolute atomic E-state index is 0.448. The molecule has 0 spiro atoms. The van der Waals surface area contributed by atoms with E-state index in [2.05, 4.69) is 15.8 Å². The molecule has 102 valence electrons. The summed E-state index contributed by atoms with van der Waals surface area (Å²) < 4.78 is 0. The maximum Gasteiger partial charge on any atom is 0.339 e. The molecule has 0 aromatic heterocycles. The molecule has 0 saturated carbocycles. The Bertz CT molecular complexity index is 627. The lowest BCUT2D eigenvalue weighted by atomic mass is 10.2. The van der Waals surface area contributed by atoms with Gasteiger partial charge in [0.1, 0.15) is 0 Å². The molecule has 0 bridgehead atoms. The predicted molar refractivity (Wildman–Crippen MR) is 82.7 cm³/mol. The molecular weight excluding hydrogens is 297 g/mol. The van der Waals surface area contributed by atoms with Gasteiger partial charge in [-0.25, -0.2) is 10.2 Å². The highest BCUT2D eigenvalue weighted by Crippen LogP contribution is 2.13. The SMILES string of the molecule is O=C(N/N=C\c1ccccc1Cl)Nc1ccc(Cl)cc1. The molecule has 0 aliphatic rings. The van der Waals surface area contributed by atoms with Crippen molar-refractivity contribution >= 4 is 41.1 Å². The maximum absolute atomic E-state index is 11.6. The average molecular weight is 308 g/mol. The second-order valence-corrected chi connectivity index (χ2v) is 4.70. The molecule has 6 heteroatoms. The maximum atomic E-state index is 11.6. The molecule has 0 aliphatic carbocycles. The third-order valence-corrected chi connectivity index (χ3v) is 2.97. The summed E-state index contributed by atoms with van der Waals surface area (Å²) in [5, 5.41) is 7.60. The first-order valence-electron chi connectivity index (χ1n) is 5.75. The largest absolute Gasteiger partial charge is 0.339 e. The number of carbonyl (C=O) groups is 1. The van der Waals surface area contributed by atoms with Crippen LogP contribution in [0.1, 0.15) is 5.56 Å². The summed E-state index contributed by atoms with van der Waals surface area (Å²) in [4.78, 5) is 11.6. The Morgan fingerprint density at radius 1 is 1.05 bits per heavy atom. The molecule has 2 aromatic rings. The monoisotopic (exact) mass is 307 g/mol.